The Hall–Kier alpha value is -2.54. The number of ether oxygens (including phenoxy) is 3. The van der Waals surface area contributed by atoms with E-state index in [1.165, 1.54) is 0 Å². The first-order chi connectivity index (χ1) is 12.2. The first-order valence-corrected chi connectivity index (χ1v) is 8.60. The topological polar surface area (TPSA) is 74.6 Å². The van der Waals surface area contributed by atoms with Crippen LogP contribution in [0.4, 0.5) is 0 Å². The number of hydrogen-bond donors (Lipinski definition) is 1. The van der Waals surface area contributed by atoms with Gasteiger partial charge in [-0.25, -0.2) is 0 Å². The molecule has 1 atom stereocenters. The number of amides is 1. The van der Waals surface area contributed by atoms with E-state index in [0.29, 0.717) is 25.4 Å². The number of rotatable bonds is 5. The summed E-state index contributed by atoms with van der Waals surface area (Å²) >= 11 is 0. The molecule has 7 heteroatoms. The Balaban J connectivity index is 1.47. The molecule has 3 heterocycles. The van der Waals surface area contributed by atoms with Gasteiger partial charge in [0.25, 0.3) is 5.91 Å². The molecule has 0 saturated heterocycles. The van der Waals surface area contributed by atoms with Crippen LogP contribution in [0.5, 0.6) is 11.5 Å². The van der Waals surface area contributed by atoms with Crippen molar-refractivity contribution in [2.45, 2.75) is 39.0 Å². The third-order valence-corrected chi connectivity index (χ3v) is 4.45. The van der Waals surface area contributed by atoms with E-state index in [4.69, 9.17) is 14.2 Å². The van der Waals surface area contributed by atoms with Gasteiger partial charge >= 0.3 is 0 Å². The van der Waals surface area contributed by atoms with Gasteiger partial charge in [-0.05, 0) is 30.2 Å². The molecule has 1 aromatic carbocycles. The minimum atomic E-state index is -0.130. The molecule has 0 aliphatic carbocycles. The number of aromatic nitrogens is 2. The molecule has 25 heavy (non-hydrogen) atoms. The summed E-state index contributed by atoms with van der Waals surface area (Å²) in [4.78, 5) is 12.2. The lowest BCUT2D eigenvalue weighted by Crippen LogP contribution is -2.25. The summed E-state index contributed by atoms with van der Waals surface area (Å²) in [7, 11) is 0. The van der Waals surface area contributed by atoms with Crippen molar-refractivity contribution in [1.29, 1.82) is 0 Å². The van der Waals surface area contributed by atoms with Crippen molar-refractivity contribution in [2.24, 2.45) is 0 Å². The highest BCUT2D eigenvalue weighted by molar-refractivity contribution is 5.92. The third-order valence-electron chi connectivity index (χ3n) is 4.45. The van der Waals surface area contributed by atoms with E-state index in [1.54, 1.807) is 6.07 Å². The van der Waals surface area contributed by atoms with Crippen molar-refractivity contribution < 1.29 is 19.0 Å². The Kier molecular flexibility index (Phi) is 4.31. The van der Waals surface area contributed by atoms with Crippen LogP contribution in [0.3, 0.4) is 0 Å². The lowest BCUT2D eigenvalue weighted by molar-refractivity contribution is -0.00128. The summed E-state index contributed by atoms with van der Waals surface area (Å²) in [6, 6.07) is 7.62. The molecule has 1 amide bonds. The first-order valence-electron chi connectivity index (χ1n) is 8.60. The number of fused-ring (bicyclic) bond motifs is 2. The molecule has 1 aromatic heterocycles. The minimum absolute atomic E-state index is 0.127. The quantitative estimate of drug-likeness (QED) is 0.844. The van der Waals surface area contributed by atoms with Gasteiger partial charge < -0.3 is 19.5 Å². The van der Waals surface area contributed by atoms with Crippen molar-refractivity contribution in [3.05, 3.63) is 41.2 Å². The summed E-state index contributed by atoms with van der Waals surface area (Å²) in [5.74, 6) is 1.36. The fourth-order valence-corrected chi connectivity index (χ4v) is 3.02. The molecular formula is C18H21N3O4. The zero-order valence-electron chi connectivity index (χ0n) is 14.2. The zero-order valence-corrected chi connectivity index (χ0v) is 14.2. The van der Waals surface area contributed by atoms with Crippen LogP contribution in [0.25, 0.3) is 0 Å². The highest BCUT2D eigenvalue weighted by Crippen LogP contribution is 2.36. The summed E-state index contributed by atoms with van der Waals surface area (Å²) in [6.07, 6.45) is 1.89. The number of benzene rings is 1. The van der Waals surface area contributed by atoms with Crippen LogP contribution in [0.1, 0.15) is 47.6 Å². The van der Waals surface area contributed by atoms with Gasteiger partial charge in [0.15, 0.2) is 17.2 Å². The average molecular weight is 343 g/mol. The predicted molar refractivity (Wildman–Crippen MR) is 89.6 cm³/mol. The molecule has 0 radical (unpaired) electrons. The maximum Gasteiger partial charge on any atom is 0.271 e. The Labute approximate surface area is 145 Å². The van der Waals surface area contributed by atoms with Gasteiger partial charge in [0.2, 0.25) is 6.79 Å². The fraction of sp³-hybridized carbons (Fsp3) is 0.444. The molecule has 2 aliphatic rings. The maximum atomic E-state index is 12.2. The smallest absolute Gasteiger partial charge is 0.271 e. The molecule has 132 valence electrons. The molecule has 0 unspecified atom stereocenters. The first kappa shape index (κ1) is 16.0. The fourth-order valence-electron chi connectivity index (χ4n) is 3.02. The van der Waals surface area contributed by atoms with E-state index in [9.17, 15) is 4.79 Å². The van der Waals surface area contributed by atoms with Crippen molar-refractivity contribution >= 4 is 5.91 Å². The Morgan fingerprint density at radius 1 is 1.32 bits per heavy atom. The molecule has 7 nitrogen and oxygen atoms in total. The van der Waals surface area contributed by atoms with E-state index in [0.717, 1.165) is 35.6 Å². The lowest BCUT2D eigenvalue weighted by Gasteiger charge is -2.24. The predicted octanol–water partition coefficient (Wildman–Crippen LogP) is 2.41. The molecule has 0 saturated carbocycles. The number of nitrogens with one attached hydrogen (secondary N) is 1. The van der Waals surface area contributed by atoms with Crippen LogP contribution < -0.4 is 14.8 Å². The van der Waals surface area contributed by atoms with Crippen molar-refractivity contribution in [2.75, 3.05) is 13.3 Å². The van der Waals surface area contributed by atoms with Crippen LogP contribution in [-0.4, -0.2) is 29.0 Å². The van der Waals surface area contributed by atoms with Crippen LogP contribution in [0.2, 0.25) is 0 Å². The standard InChI is InChI=1S/C18H21N3O4/c1-2-3-6-19-18(22)14-8-13-10-23-17(9-21(13)20-14)12-4-5-15-16(7-12)25-11-24-15/h4-5,7-8,17H,2-3,6,9-11H2,1H3,(H,19,22)/t17-/m0/s1. The number of nitrogens with zero attached hydrogens (tertiary/aromatic N) is 2. The number of unbranched alkanes of at least 4 members (excludes halogenated alkanes) is 1. The monoisotopic (exact) mass is 343 g/mol. The van der Waals surface area contributed by atoms with Crippen LogP contribution in [-0.2, 0) is 17.9 Å². The molecule has 0 fully saturated rings. The number of carbonyl (C=O) groups is 1. The number of carbonyl (C=O) groups excluding carboxylic acids is 1. The van der Waals surface area contributed by atoms with E-state index in [1.807, 2.05) is 22.9 Å². The van der Waals surface area contributed by atoms with E-state index >= 15 is 0 Å². The van der Waals surface area contributed by atoms with Gasteiger partial charge in [0, 0.05) is 6.54 Å². The highest BCUT2D eigenvalue weighted by atomic mass is 16.7. The van der Waals surface area contributed by atoms with Gasteiger partial charge in [-0.2, -0.15) is 5.10 Å². The van der Waals surface area contributed by atoms with Crippen molar-refractivity contribution in [3.8, 4) is 11.5 Å². The van der Waals surface area contributed by atoms with Gasteiger partial charge in [-0.3, -0.25) is 9.48 Å². The van der Waals surface area contributed by atoms with Crippen LogP contribution in [0, 0.1) is 0 Å². The van der Waals surface area contributed by atoms with Crippen molar-refractivity contribution in [1.82, 2.24) is 15.1 Å². The van der Waals surface area contributed by atoms with Crippen LogP contribution in [0.15, 0.2) is 24.3 Å². The van der Waals surface area contributed by atoms with Crippen LogP contribution >= 0.6 is 0 Å². The number of hydrogen-bond acceptors (Lipinski definition) is 5. The molecule has 1 N–H and O–H groups in total. The lowest BCUT2D eigenvalue weighted by atomic mass is 10.1. The second-order valence-corrected chi connectivity index (χ2v) is 6.22. The Bertz CT molecular complexity index is 787. The average Bonchev–Trinajstić information content (AvgIpc) is 3.27. The maximum absolute atomic E-state index is 12.2. The summed E-state index contributed by atoms with van der Waals surface area (Å²) < 4.78 is 18.6. The third kappa shape index (κ3) is 3.19. The molecule has 2 aromatic rings. The van der Waals surface area contributed by atoms with Gasteiger partial charge in [-0.1, -0.05) is 19.4 Å². The summed E-state index contributed by atoms with van der Waals surface area (Å²) in [5, 5.41) is 7.34. The summed E-state index contributed by atoms with van der Waals surface area (Å²) in [5.41, 5.74) is 2.37. The summed E-state index contributed by atoms with van der Waals surface area (Å²) in [6.45, 7) is 4.01. The van der Waals surface area contributed by atoms with E-state index in [-0.39, 0.29) is 18.8 Å². The molecule has 0 spiro atoms. The normalized spacial score (nSPS) is 18.0. The van der Waals surface area contributed by atoms with E-state index in [2.05, 4.69) is 17.3 Å². The second kappa shape index (κ2) is 6.76. The van der Waals surface area contributed by atoms with Gasteiger partial charge in [0.1, 0.15) is 6.10 Å². The molecular weight excluding hydrogens is 322 g/mol. The largest absolute Gasteiger partial charge is 0.454 e. The van der Waals surface area contributed by atoms with Gasteiger partial charge in [-0.15, -0.1) is 0 Å². The minimum Gasteiger partial charge on any atom is -0.454 e. The molecule has 4 rings (SSSR count). The second-order valence-electron chi connectivity index (χ2n) is 6.22. The Morgan fingerprint density at radius 2 is 2.20 bits per heavy atom. The Morgan fingerprint density at radius 3 is 3.08 bits per heavy atom. The SMILES string of the molecule is CCCCNC(=O)c1cc2n(n1)C[C@@H](c1ccc3c(c1)OCO3)OC2. The molecule has 2 aliphatic heterocycles. The van der Waals surface area contributed by atoms with E-state index < -0.39 is 0 Å². The van der Waals surface area contributed by atoms with Crippen molar-refractivity contribution in [3.63, 3.8) is 0 Å². The van der Waals surface area contributed by atoms with Gasteiger partial charge in [0.05, 0.1) is 18.8 Å². The zero-order chi connectivity index (χ0) is 17.2. The molecule has 0 bridgehead atoms. The highest BCUT2D eigenvalue weighted by Gasteiger charge is 2.25.